The number of nitrogens with zero attached hydrogens (tertiary/aromatic N) is 1. The zero-order valence-electron chi connectivity index (χ0n) is 15.4. The van der Waals surface area contributed by atoms with Gasteiger partial charge in [0.1, 0.15) is 5.41 Å². The van der Waals surface area contributed by atoms with Crippen LogP contribution in [-0.2, 0) is 16.0 Å². The number of rotatable bonds is 4. The van der Waals surface area contributed by atoms with Crippen molar-refractivity contribution in [3.63, 3.8) is 0 Å². The number of ether oxygens (including phenoxy) is 1. The molecule has 0 unspecified atom stereocenters. The monoisotopic (exact) mass is 365 g/mol. The van der Waals surface area contributed by atoms with Crippen molar-refractivity contribution in [3.05, 3.63) is 70.8 Å². The molecule has 2 fully saturated rings. The molecule has 5 nitrogen and oxygen atoms in total. The molecule has 2 saturated heterocycles. The minimum atomic E-state index is -0.957. The van der Waals surface area contributed by atoms with Crippen molar-refractivity contribution < 1.29 is 19.4 Å². The van der Waals surface area contributed by atoms with Gasteiger partial charge in [0.05, 0.1) is 13.2 Å². The number of hydrogen-bond donors (Lipinski definition) is 1. The number of likely N-dealkylation sites (tertiary alicyclic amines) is 1. The largest absolute Gasteiger partial charge is 0.481 e. The normalized spacial score (nSPS) is 24.0. The third-order valence-electron chi connectivity index (χ3n) is 5.85. The summed E-state index contributed by atoms with van der Waals surface area (Å²) in [4.78, 5) is 26.7. The summed E-state index contributed by atoms with van der Waals surface area (Å²) in [5.41, 5.74) is 3.01. The van der Waals surface area contributed by atoms with Crippen molar-refractivity contribution >= 4 is 11.9 Å². The van der Waals surface area contributed by atoms with Gasteiger partial charge in [-0.3, -0.25) is 9.59 Å². The summed E-state index contributed by atoms with van der Waals surface area (Å²) >= 11 is 0. The van der Waals surface area contributed by atoms with E-state index in [4.69, 9.17) is 4.74 Å². The molecule has 2 aromatic rings. The van der Waals surface area contributed by atoms with E-state index < -0.39 is 11.4 Å². The highest BCUT2D eigenvalue weighted by Gasteiger charge is 2.57. The van der Waals surface area contributed by atoms with E-state index in [1.807, 2.05) is 31.2 Å². The van der Waals surface area contributed by atoms with Crippen LogP contribution in [-0.4, -0.2) is 48.2 Å². The van der Waals surface area contributed by atoms with Gasteiger partial charge in [0.15, 0.2) is 0 Å². The molecule has 5 heteroatoms. The fourth-order valence-electron chi connectivity index (χ4n) is 4.17. The Hall–Kier alpha value is -2.66. The molecule has 2 atom stereocenters. The molecule has 4 rings (SSSR count). The summed E-state index contributed by atoms with van der Waals surface area (Å²) < 4.78 is 5.40. The molecule has 1 amide bonds. The molecular formula is C22H23NO4. The van der Waals surface area contributed by atoms with Crippen LogP contribution < -0.4 is 0 Å². The second-order valence-electron chi connectivity index (χ2n) is 7.68. The van der Waals surface area contributed by atoms with Gasteiger partial charge in [0.25, 0.3) is 5.91 Å². The number of hydrogen-bond acceptors (Lipinski definition) is 3. The minimum absolute atomic E-state index is 0.0901. The highest BCUT2D eigenvalue weighted by atomic mass is 16.5. The number of aliphatic carboxylic acids is 1. The van der Waals surface area contributed by atoms with Gasteiger partial charge in [-0.05, 0) is 30.5 Å². The Balaban J connectivity index is 1.58. The predicted octanol–water partition coefficient (Wildman–Crippen LogP) is 2.76. The van der Waals surface area contributed by atoms with Crippen molar-refractivity contribution in [3.8, 4) is 0 Å². The van der Waals surface area contributed by atoms with Gasteiger partial charge in [-0.1, -0.05) is 48.0 Å². The number of carboxylic acids is 1. The van der Waals surface area contributed by atoms with E-state index in [1.54, 1.807) is 4.90 Å². The van der Waals surface area contributed by atoms with Crippen molar-refractivity contribution in [2.24, 2.45) is 11.3 Å². The second kappa shape index (κ2) is 6.82. The van der Waals surface area contributed by atoms with Gasteiger partial charge in [-0.2, -0.15) is 0 Å². The van der Waals surface area contributed by atoms with E-state index in [1.165, 1.54) is 5.56 Å². The zero-order valence-corrected chi connectivity index (χ0v) is 15.4. The summed E-state index contributed by atoms with van der Waals surface area (Å²) in [6.07, 6.45) is 0.673. The standard InChI is InChI=1S/C22H23NO4/c1-15-6-8-16(9-7-15)10-17-4-2-3-5-19(17)20(24)23-11-18-12-27-14-22(18,13-23)21(25)26/h2-9,18H,10-14H2,1H3,(H,25,26)/t18-,22-/m1/s1. The maximum absolute atomic E-state index is 13.2. The van der Waals surface area contributed by atoms with Crippen molar-refractivity contribution in [2.75, 3.05) is 26.3 Å². The number of fused-ring (bicyclic) bond motifs is 1. The van der Waals surface area contributed by atoms with E-state index in [-0.39, 0.29) is 25.0 Å². The van der Waals surface area contributed by atoms with Crippen LogP contribution in [0.1, 0.15) is 27.0 Å². The first-order chi connectivity index (χ1) is 13.0. The lowest BCUT2D eigenvalue weighted by Crippen LogP contribution is -2.40. The maximum Gasteiger partial charge on any atom is 0.314 e. The number of carbonyl (C=O) groups is 2. The first-order valence-corrected chi connectivity index (χ1v) is 9.23. The Morgan fingerprint density at radius 1 is 1.19 bits per heavy atom. The van der Waals surface area contributed by atoms with Gasteiger partial charge in [-0.25, -0.2) is 0 Å². The predicted molar refractivity (Wildman–Crippen MR) is 101 cm³/mol. The lowest BCUT2D eigenvalue weighted by molar-refractivity contribution is -0.149. The van der Waals surface area contributed by atoms with E-state index in [0.717, 1.165) is 11.1 Å². The number of carboxylic acid groups (broad SMARTS) is 1. The number of benzene rings is 2. The van der Waals surface area contributed by atoms with Gasteiger partial charge < -0.3 is 14.7 Å². The Morgan fingerprint density at radius 2 is 1.93 bits per heavy atom. The van der Waals surface area contributed by atoms with Crippen molar-refractivity contribution in [1.82, 2.24) is 4.90 Å². The molecule has 27 heavy (non-hydrogen) atoms. The summed E-state index contributed by atoms with van der Waals surface area (Å²) in [6.45, 7) is 3.28. The summed E-state index contributed by atoms with van der Waals surface area (Å²) in [7, 11) is 0. The number of aryl methyl sites for hydroxylation is 1. The topological polar surface area (TPSA) is 66.8 Å². The lowest BCUT2D eigenvalue weighted by atomic mass is 9.81. The first-order valence-electron chi connectivity index (χ1n) is 9.23. The molecule has 0 aromatic heterocycles. The first kappa shape index (κ1) is 17.7. The van der Waals surface area contributed by atoms with Gasteiger partial charge in [0.2, 0.25) is 0 Å². The van der Waals surface area contributed by atoms with E-state index >= 15 is 0 Å². The van der Waals surface area contributed by atoms with Crippen LogP contribution in [0.25, 0.3) is 0 Å². The molecule has 1 N–H and O–H groups in total. The second-order valence-corrected chi connectivity index (χ2v) is 7.68. The molecule has 2 aromatic carbocycles. The fraction of sp³-hybridized carbons (Fsp3) is 0.364. The van der Waals surface area contributed by atoms with Crippen LogP contribution in [0.3, 0.4) is 0 Å². The van der Waals surface area contributed by atoms with Crippen molar-refractivity contribution in [1.29, 1.82) is 0 Å². The van der Waals surface area contributed by atoms with Crippen LogP contribution in [0.15, 0.2) is 48.5 Å². The third kappa shape index (κ3) is 3.12. The average molecular weight is 365 g/mol. The molecule has 2 aliphatic rings. The van der Waals surface area contributed by atoms with E-state index in [2.05, 4.69) is 24.3 Å². The van der Waals surface area contributed by atoms with Crippen LogP contribution in [0.5, 0.6) is 0 Å². The van der Waals surface area contributed by atoms with Crippen LogP contribution in [0.4, 0.5) is 0 Å². The molecule has 0 bridgehead atoms. The van der Waals surface area contributed by atoms with Gasteiger partial charge >= 0.3 is 5.97 Å². The van der Waals surface area contributed by atoms with Gasteiger partial charge in [0, 0.05) is 24.6 Å². The van der Waals surface area contributed by atoms with Crippen LogP contribution >= 0.6 is 0 Å². The van der Waals surface area contributed by atoms with Crippen molar-refractivity contribution in [2.45, 2.75) is 13.3 Å². The molecule has 0 spiro atoms. The Labute approximate surface area is 158 Å². The van der Waals surface area contributed by atoms with Gasteiger partial charge in [-0.15, -0.1) is 0 Å². The third-order valence-corrected chi connectivity index (χ3v) is 5.85. The summed E-state index contributed by atoms with van der Waals surface area (Å²) in [5, 5.41) is 9.70. The van der Waals surface area contributed by atoms with Crippen LogP contribution in [0, 0.1) is 18.3 Å². The van der Waals surface area contributed by atoms with Crippen LogP contribution in [0.2, 0.25) is 0 Å². The number of amides is 1. The molecule has 2 heterocycles. The lowest BCUT2D eigenvalue weighted by Gasteiger charge is -2.22. The average Bonchev–Trinajstić information content (AvgIpc) is 3.22. The molecule has 0 aliphatic carbocycles. The summed E-state index contributed by atoms with van der Waals surface area (Å²) in [5.74, 6) is -1.09. The maximum atomic E-state index is 13.2. The smallest absolute Gasteiger partial charge is 0.314 e. The molecular weight excluding hydrogens is 342 g/mol. The highest BCUT2D eigenvalue weighted by Crippen LogP contribution is 2.42. The fourth-order valence-corrected chi connectivity index (χ4v) is 4.17. The summed E-state index contributed by atoms with van der Waals surface area (Å²) in [6, 6.07) is 15.9. The Kier molecular flexibility index (Phi) is 4.48. The Bertz CT molecular complexity index is 876. The molecule has 2 aliphatic heterocycles. The van der Waals surface area contributed by atoms with E-state index in [0.29, 0.717) is 25.1 Å². The number of carbonyl (C=O) groups excluding carboxylic acids is 1. The zero-order chi connectivity index (χ0) is 19.0. The van der Waals surface area contributed by atoms with E-state index in [9.17, 15) is 14.7 Å². The molecule has 0 radical (unpaired) electrons. The minimum Gasteiger partial charge on any atom is -0.481 e. The Morgan fingerprint density at radius 3 is 2.63 bits per heavy atom. The SMILES string of the molecule is Cc1ccc(Cc2ccccc2C(=O)N2C[C@@H]3COC[C@]3(C(=O)O)C2)cc1. The quantitative estimate of drug-likeness (QED) is 0.905. The molecule has 0 saturated carbocycles. The molecule has 140 valence electrons. The highest BCUT2D eigenvalue weighted by molar-refractivity contribution is 5.96.